The topological polar surface area (TPSA) is 69.6 Å². The minimum atomic E-state index is -0.151. The zero-order chi connectivity index (χ0) is 14.0. The summed E-state index contributed by atoms with van der Waals surface area (Å²) in [7, 11) is 0. The molecule has 1 saturated heterocycles. The molecule has 1 aromatic rings. The molecule has 1 atom stereocenters. The summed E-state index contributed by atoms with van der Waals surface area (Å²) >= 11 is 0. The van der Waals surface area contributed by atoms with Gasteiger partial charge in [-0.15, -0.1) is 0 Å². The number of benzene rings is 1. The number of amides is 1. The number of anilines is 1. The van der Waals surface area contributed by atoms with Crippen molar-refractivity contribution >= 4 is 17.4 Å². The van der Waals surface area contributed by atoms with E-state index in [-0.39, 0.29) is 23.5 Å². The molecule has 0 radical (unpaired) electrons. The Kier molecular flexibility index (Phi) is 3.74. The lowest BCUT2D eigenvalue weighted by molar-refractivity contribution is -0.119. The van der Waals surface area contributed by atoms with Crippen LogP contribution in [0.4, 0.5) is 5.69 Å². The second-order valence-corrected chi connectivity index (χ2v) is 4.89. The first kappa shape index (κ1) is 13.4. The van der Waals surface area contributed by atoms with E-state index in [0.717, 1.165) is 25.2 Å². The molecular weight excluding hydrogens is 244 g/mol. The van der Waals surface area contributed by atoms with Crippen molar-refractivity contribution in [2.45, 2.75) is 26.3 Å². The third-order valence-corrected chi connectivity index (χ3v) is 3.32. The smallest absolute Gasteiger partial charge is 0.217 e. The lowest BCUT2D eigenvalue weighted by Crippen LogP contribution is -2.35. The van der Waals surface area contributed by atoms with Crippen LogP contribution in [0.5, 0.6) is 5.75 Å². The molecule has 5 nitrogen and oxygen atoms in total. The summed E-state index contributed by atoms with van der Waals surface area (Å²) in [5.41, 5.74) is 1.21. The Hall–Kier alpha value is -2.04. The Bertz CT molecular complexity index is 513. The number of nitrogens with one attached hydrogen (secondary N) is 1. The van der Waals surface area contributed by atoms with Crippen LogP contribution >= 0.6 is 0 Å². The van der Waals surface area contributed by atoms with Gasteiger partial charge in [-0.25, -0.2) is 0 Å². The molecule has 2 rings (SSSR count). The van der Waals surface area contributed by atoms with E-state index >= 15 is 0 Å². The van der Waals surface area contributed by atoms with Crippen molar-refractivity contribution in [3.63, 3.8) is 0 Å². The van der Waals surface area contributed by atoms with Crippen LogP contribution in [0, 0.1) is 0 Å². The molecule has 2 N–H and O–H groups in total. The summed E-state index contributed by atoms with van der Waals surface area (Å²) in [6.45, 7) is 4.48. The molecule has 5 heteroatoms. The molecule has 0 saturated carbocycles. The summed E-state index contributed by atoms with van der Waals surface area (Å²) in [5.74, 6) is -0.170. The van der Waals surface area contributed by atoms with Gasteiger partial charge < -0.3 is 15.3 Å². The van der Waals surface area contributed by atoms with Gasteiger partial charge in [-0.05, 0) is 25.5 Å². The molecule has 1 aromatic carbocycles. The Morgan fingerprint density at radius 1 is 1.37 bits per heavy atom. The minimum absolute atomic E-state index is 0.00739. The number of carbonyl (C=O) groups excluding carboxylic acids is 2. The number of hydrogen-bond acceptors (Lipinski definition) is 4. The van der Waals surface area contributed by atoms with Crippen LogP contribution in [0.25, 0.3) is 0 Å². The molecule has 1 heterocycles. The van der Waals surface area contributed by atoms with Crippen molar-refractivity contribution in [2.75, 3.05) is 18.0 Å². The molecule has 0 bridgehead atoms. The van der Waals surface area contributed by atoms with Crippen LogP contribution in [0.15, 0.2) is 18.2 Å². The van der Waals surface area contributed by atoms with E-state index < -0.39 is 0 Å². The van der Waals surface area contributed by atoms with Crippen LogP contribution in [0.3, 0.4) is 0 Å². The van der Waals surface area contributed by atoms with Crippen molar-refractivity contribution in [1.29, 1.82) is 0 Å². The van der Waals surface area contributed by atoms with Gasteiger partial charge in [0.25, 0.3) is 0 Å². The maximum Gasteiger partial charge on any atom is 0.217 e. The largest absolute Gasteiger partial charge is 0.507 e. The maximum absolute atomic E-state index is 11.3. The van der Waals surface area contributed by atoms with Crippen molar-refractivity contribution in [2.24, 2.45) is 0 Å². The number of nitrogens with zero attached hydrogens (tertiary/aromatic N) is 1. The molecule has 1 aliphatic heterocycles. The van der Waals surface area contributed by atoms with E-state index in [1.54, 1.807) is 12.1 Å². The number of carbonyl (C=O) groups is 2. The van der Waals surface area contributed by atoms with Gasteiger partial charge in [-0.2, -0.15) is 0 Å². The Morgan fingerprint density at radius 3 is 2.68 bits per heavy atom. The minimum Gasteiger partial charge on any atom is -0.507 e. The van der Waals surface area contributed by atoms with Crippen molar-refractivity contribution in [1.82, 2.24) is 5.32 Å². The van der Waals surface area contributed by atoms with E-state index in [2.05, 4.69) is 10.2 Å². The highest BCUT2D eigenvalue weighted by molar-refractivity contribution is 5.97. The SMILES string of the molecule is CC(=O)NC1CCN(c2ccc(C(C)=O)c(O)c2)C1. The average Bonchev–Trinajstić information content (AvgIpc) is 2.75. The summed E-state index contributed by atoms with van der Waals surface area (Å²) in [5, 5.41) is 12.7. The summed E-state index contributed by atoms with van der Waals surface area (Å²) in [6.07, 6.45) is 0.884. The molecule has 0 aliphatic carbocycles. The predicted molar refractivity (Wildman–Crippen MR) is 72.5 cm³/mol. The highest BCUT2D eigenvalue weighted by atomic mass is 16.3. The molecule has 1 aliphatic rings. The first-order valence-corrected chi connectivity index (χ1v) is 6.33. The second-order valence-electron chi connectivity index (χ2n) is 4.89. The number of rotatable bonds is 3. The van der Waals surface area contributed by atoms with Crippen LogP contribution in [-0.2, 0) is 4.79 Å². The zero-order valence-electron chi connectivity index (χ0n) is 11.1. The highest BCUT2D eigenvalue weighted by Gasteiger charge is 2.23. The lowest BCUT2D eigenvalue weighted by atomic mass is 10.1. The molecule has 0 aromatic heterocycles. The van der Waals surface area contributed by atoms with Gasteiger partial charge in [0.05, 0.1) is 5.56 Å². The Labute approximate surface area is 112 Å². The first-order valence-electron chi connectivity index (χ1n) is 6.33. The molecule has 1 amide bonds. The molecule has 102 valence electrons. The third-order valence-electron chi connectivity index (χ3n) is 3.32. The standard InChI is InChI=1S/C14H18N2O3/c1-9(17)13-4-3-12(7-14(13)19)16-6-5-11(8-16)15-10(2)18/h3-4,7,11,19H,5-6,8H2,1-2H3,(H,15,18). The highest BCUT2D eigenvalue weighted by Crippen LogP contribution is 2.27. The molecule has 0 spiro atoms. The number of ketones is 1. The maximum atomic E-state index is 11.3. The number of Topliss-reactive ketones (excluding diaryl/α,β-unsaturated/α-hetero) is 1. The van der Waals surface area contributed by atoms with E-state index in [1.165, 1.54) is 13.8 Å². The van der Waals surface area contributed by atoms with E-state index in [4.69, 9.17) is 0 Å². The summed E-state index contributed by atoms with van der Waals surface area (Å²) < 4.78 is 0. The summed E-state index contributed by atoms with van der Waals surface area (Å²) in [4.78, 5) is 24.3. The monoisotopic (exact) mass is 262 g/mol. The van der Waals surface area contributed by atoms with Gasteiger partial charge in [0.1, 0.15) is 5.75 Å². The fraction of sp³-hybridized carbons (Fsp3) is 0.429. The number of hydrogen-bond donors (Lipinski definition) is 2. The normalized spacial score (nSPS) is 18.4. The molecule has 1 fully saturated rings. The van der Waals surface area contributed by atoms with Crippen molar-refractivity contribution in [3.05, 3.63) is 23.8 Å². The van der Waals surface area contributed by atoms with Crippen LogP contribution in [-0.4, -0.2) is 35.9 Å². The van der Waals surface area contributed by atoms with Gasteiger partial charge in [0.15, 0.2) is 5.78 Å². The second kappa shape index (κ2) is 5.30. The van der Waals surface area contributed by atoms with E-state index in [9.17, 15) is 14.7 Å². The van der Waals surface area contributed by atoms with Crippen LogP contribution in [0.2, 0.25) is 0 Å². The summed E-state index contributed by atoms with van der Waals surface area (Å²) in [6, 6.07) is 5.21. The fourth-order valence-corrected chi connectivity index (χ4v) is 2.41. The predicted octanol–water partition coefficient (Wildman–Crippen LogP) is 1.31. The number of aromatic hydroxyl groups is 1. The van der Waals surface area contributed by atoms with Gasteiger partial charge in [0, 0.05) is 37.8 Å². The molecule has 19 heavy (non-hydrogen) atoms. The molecular formula is C14H18N2O3. The molecule has 1 unspecified atom stereocenters. The number of phenols is 1. The van der Waals surface area contributed by atoms with Crippen LogP contribution < -0.4 is 10.2 Å². The van der Waals surface area contributed by atoms with E-state index in [0.29, 0.717) is 5.56 Å². The van der Waals surface area contributed by atoms with Gasteiger partial charge in [-0.3, -0.25) is 9.59 Å². The third kappa shape index (κ3) is 3.05. The number of phenolic OH excluding ortho intramolecular Hbond substituents is 1. The average molecular weight is 262 g/mol. The van der Waals surface area contributed by atoms with Crippen LogP contribution in [0.1, 0.15) is 30.6 Å². The van der Waals surface area contributed by atoms with Gasteiger partial charge in [-0.1, -0.05) is 0 Å². The Balaban J connectivity index is 2.09. The zero-order valence-corrected chi connectivity index (χ0v) is 11.1. The quantitative estimate of drug-likeness (QED) is 0.806. The fourth-order valence-electron chi connectivity index (χ4n) is 2.41. The lowest BCUT2D eigenvalue weighted by Gasteiger charge is -2.19. The van der Waals surface area contributed by atoms with Gasteiger partial charge >= 0.3 is 0 Å². The van der Waals surface area contributed by atoms with Crippen molar-refractivity contribution in [3.8, 4) is 5.75 Å². The first-order chi connectivity index (χ1) is 8.97. The van der Waals surface area contributed by atoms with Crippen molar-refractivity contribution < 1.29 is 14.7 Å². The van der Waals surface area contributed by atoms with E-state index in [1.807, 2.05) is 6.07 Å². The van der Waals surface area contributed by atoms with Gasteiger partial charge in [0.2, 0.25) is 5.91 Å². The Morgan fingerprint density at radius 2 is 2.11 bits per heavy atom.